The number of amides is 1. The summed E-state index contributed by atoms with van der Waals surface area (Å²) in [6.07, 6.45) is 0. The van der Waals surface area contributed by atoms with Gasteiger partial charge in [0.25, 0.3) is 5.91 Å². The highest BCUT2D eigenvalue weighted by Gasteiger charge is 2.24. The van der Waals surface area contributed by atoms with E-state index in [1.807, 2.05) is 6.92 Å². The molecule has 2 aromatic rings. The molecule has 0 spiro atoms. The van der Waals surface area contributed by atoms with E-state index in [9.17, 15) is 13.6 Å². The highest BCUT2D eigenvalue weighted by molar-refractivity contribution is 5.94. The Hall–Kier alpha value is -2.43. The number of hydrogen-bond donors (Lipinski definition) is 0. The maximum atomic E-state index is 13.7. The largest absolute Gasteiger partial charge is 0.368 e. The molecule has 0 unspecified atom stereocenters. The van der Waals surface area contributed by atoms with E-state index >= 15 is 0 Å². The summed E-state index contributed by atoms with van der Waals surface area (Å²) in [6.45, 7) is 4.46. The van der Waals surface area contributed by atoms with Gasteiger partial charge in [-0.25, -0.2) is 8.78 Å². The van der Waals surface area contributed by atoms with Crippen LogP contribution in [0.3, 0.4) is 0 Å². The first kappa shape index (κ1) is 15.5. The molecule has 1 amide bonds. The van der Waals surface area contributed by atoms with E-state index in [4.69, 9.17) is 0 Å². The number of aryl methyl sites for hydroxylation is 1. The van der Waals surface area contributed by atoms with Crippen molar-refractivity contribution >= 4 is 11.6 Å². The molecule has 0 aromatic heterocycles. The number of carbonyl (C=O) groups is 1. The van der Waals surface area contributed by atoms with Crippen LogP contribution >= 0.6 is 0 Å². The first-order valence-corrected chi connectivity index (χ1v) is 7.60. The van der Waals surface area contributed by atoms with Crippen LogP contribution in [0.4, 0.5) is 14.5 Å². The smallest absolute Gasteiger partial charge is 0.256 e. The highest BCUT2D eigenvalue weighted by Crippen LogP contribution is 2.19. The zero-order valence-electron chi connectivity index (χ0n) is 12.9. The monoisotopic (exact) mass is 316 g/mol. The molecule has 1 saturated heterocycles. The molecule has 1 aliphatic heterocycles. The van der Waals surface area contributed by atoms with Gasteiger partial charge in [0.1, 0.15) is 11.6 Å². The van der Waals surface area contributed by atoms with Crippen LogP contribution in [0.25, 0.3) is 0 Å². The number of nitrogens with zero attached hydrogens (tertiary/aromatic N) is 2. The maximum Gasteiger partial charge on any atom is 0.256 e. The molecule has 120 valence electrons. The Morgan fingerprint density at radius 2 is 1.61 bits per heavy atom. The van der Waals surface area contributed by atoms with Gasteiger partial charge in [-0.1, -0.05) is 17.7 Å². The molecule has 0 bridgehead atoms. The topological polar surface area (TPSA) is 23.6 Å². The van der Waals surface area contributed by atoms with Gasteiger partial charge < -0.3 is 9.80 Å². The summed E-state index contributed by atoms with van der Waals surface area (Å²) in [6, 6.07) is 11.3. The van der Waals surface area contributed by atoms with E-state index in [0.29, 0.717) is 26.2 Å². The molecule has 1 heterocycles. The van der Waals surface area contributed by atoms with Gasteiger partial charge in [-0.2, -0.15) is 0 Å². The SMILES string of the molecule is Cc1ccc(N2CCN(C(=O)c3ccc(F)cc3F)CC2)cc1. The lowest BCUT2D eigenvalue weighted by Crippen LogP contribution is -2.49. The number of anilines is 1. The van der Waals surface area contributed by atoms with Gasteiger partial charge in [-0.3, -0.25) is 4.79 Å². The number of piperazine rings is 1. The number of carbonyl (C=O) groups excluding carboxylic acids is 1. The fourth-order valence-corrected chi connectivity index (χ4v) is 2.76. The van der Waals surface area contributed by atoms with Gasteiger partial charge in [0.2, 0.25) is 0 Å². The highest BCUT2D eigenvalue weighted by atomic mass is 19.1. The Morgan fingerprint density at radius 1 is 0.957 bits per heavy atom. The summed E-state index contributed by atoms with van der Waals surface area (Å²) < 4.78 is 26.7. The van der Waals surface area contributed by atoms with Crippen LogP contribution in [-0.2, 0) is 0 Å². The molecule has 0 radical (unpaired) electrons. The summed E-state index contributed by atoms with van der Waals surface area (Å²) in [5.74, 6) is -1.87. The van der Waals surface area contributed by atoms with Gasteiger partial charge in [-0.15, -0.1) is 0 Å². The maximum absolute atomic E-state index is 13.7. The quantitative estimate of drug-likeness (QED) is 0.849. The molecule has 0 saturated carbocycles. The van der Waals surface area contributed by atoms with Crippen molar-refractivity contribution in [1.82, 2.24) is 4.90 Å². The molecule has 2 aromatic carbocycles. The Labute approximate surface area is 134 Å². The van der Waals surface area contributed by atoms with Crippen molar-refractivity contribution in [3.05, 3.63) is 65.2 Å². The lowest BCUT2D eigenvalue weighted by Gasteiger charge is -2.36. The fraction of sp³-hybridized carbons (Fsp3) is 0.278. The zero-order valence-corrected chi connectivity index (χ0v) is 12.9. The molecular weight excluding hydrogens is 298 g/mol. The van der Waals surface area contributed by atoms with E-state index < -0.39 is 11.6 Å². The van der Waals surface area contributed by atoms with Crippen LogP contribution in [0.2, 0.25) is 0 Å². The van der Waals surface area contributed by atoms with Gasteiger partial charge in [0, 0.05) is 37.9 Å². The molecular formula is C18H18F2N2O. The summed E-state index contributed by atoms with van der Waals surface area (Å²) in [5.41, 5.74) is 2.25. The Balaban J connectivity index is 1.66. The van der Waals surface area contributed by atoms with E-state index in [1.165, 1.54) is 11.6 Å². The average Bonchev–Trinajstić information content (AvgIpc) is 2.55. The molecule has 3 nitrogen and oxygen atoms in total. The summed E-state index contributed by atoms with van der Waals surface area (Å²) in [7, 11) is 0. The number of hydrogen-bond acceptors (Lipinski definition) is 2. The number of halogens is 2. The molecule has 3 rings (SSSR count). The van der Waals surface area contributed by atoms with Crippen molar-refractivity contribution < 1.29 is 13.6 Å². The molecule has 0 aliphatic carbocycles. The normalized spacial score (nSPS) is 14.9. The molecule has 23 heavy (non-hydrogen) atoms. The van der Waals surface area contributed by atoms with Crippen molar-refractivity contribution in [2.75, 3.05) is 31.1 Å². The second-order valence-corrected chi connectivity index (χ2v) is 5.74. The molecule has 0 atom stereocenters. The second-order valence-electron chi connectivity index (χ2n) is 5.74. The summed E-state index contributed by atoms with van der Waals surface area (Å²) in [4.78, 5) is 16.2. The molecule has 5 heteroatoms. The van der Waals surface area contributed by atoms with Crippen LogP contribution in [-0.4, -0.2) is 37.0 Å². The Bertz CT molecular complexity index is 707. The minimum Gasteiger partial charge on any atom is -0.368 e. The Morgan fingerprint density at radius 3 is 2.22 bits per heavy atom. The van der Waals surface area contributed by atoms with Crippen LogP contribution in [0.15, 0.2) is 42.5 Å². The van der Waals surface area contributed by atoms with Crippen LogP contribution in [0.1, 0.15) is 15.9 Å². The number of benzene rings is 2. The van der Waals surface area contributed by atoms with Crippen LogP contribution < -0.4 is 4.90 Å². The number of rotatable bonds is 2. The predicted octanol–water partition coefficient (Wildman–Crippen LogP) is 3.24. The molecule has 1 fully saturated rings. The fourth-order valence-electron chi connectivity index (χ4n) is 2.76. The van der Waals surface area contributed by atoms with Crippen molar-refractivity contribution in [1.29, 1.82) is 0 Å². The predicted molar refractivity (Wildman–Crippen MR) is 85.7 cm³/mol. The van der Waals surface area contributed by atoms with Gasteiger partial charge in [0.05, 0.1) is 5.56 Å². The third-order valence-electron chi connectivity index (χ3n) is 4.13. The standard InChI is InChI=1S/C18H18F2N2O/c1-13-2-5-15(6-3-13)21-8-10-22(11-9-21)18(23)16-7-4-14(19)12-17(16)20/h2-7,12H,8-11H2,1H3. The first-order valence-electron chi connectivity index (χ1n) is 7.60. The summed E-state index contributed by atoms with van der Waals surface area (Å²) in [5, 5.41) is 0. The van der Waals surface area contributed by atoms with E-state index in [0.717, 1.165) is 17.8 Å². The van der Waals surface area contributed by atoms with Crippen molar-refractivity contribution in [3.63, 3.8) is 0 Å². The van der Waals surface area contributed by atoms with Crippen LogP contribution in [0, 0.1) is 18.6 Å². The third-order valence-corrected chi connectivity index (χ3v) is 4.13. The third kappa shape index (κ3) is 3.33. The van der Waals surface area contributed by atoms with Gasteiger partial charge in [-0.05, 0) is 31.2 Å². The first-order chi connectivity index (χ1) is 11.0. The lowest BCUT2D eigenvalue weighted by molar-refractivity contribution is 0.0742. The van der Waals surface area contributed by atoms with Gasteiger partial charge >= 0.3 is 0 Å². The minimum absolute atomic E-state index is 0.0739. The van der Waals surface area contributed by atoms with E-state index in [2.05, 4.69) is 29.2 Å². The average molecular weight is 316 g/mol. The van der Waals surface area contributed by atoms with Crippen molar-refractivity contribution in [2.45, 2.75) is 6.92 Å². The summed E-state index contributed by atoms with van der Waals surface area (Å²) >= 11 is 0. The van der Waals surface area contributed by atoms with E-state index in [1.54, 1.807) is 4.90 Å². The van der Waals surface area contributed by atoms with Crippen molar-refractivity contribution in [2.24, 2.45) is 0 Å². The van der Waals surface area contributed by atoms with E-state index in [-0.39, 0.29) is 11.5 Å². The zero-order chi connectivity index (χ0) is 16.4. The lowest BCUT2D eigenvalue weighted by atomic mass is 10.1. The van der Waals surface area contributed by atoms with Crippen molar-refractivity contribution in [3.8, 4) is 0 Å². The second kappa shape index (κ2) is 6.36. The minimum atomic E-state index is -0.809. The van der Waals surface area contributed by atoms with Crippen LogP contribution in [0.5, 0.6) is 0 Å². The molecule has 1 aliphatic rings. The molecule has 0 N–H and O–H groups in total. The van der Waals surface area contributed by atoms with Gasteiger partial charge in [0.15, 0.2) is 0 Å². The Kier molecular flexibility index (Phi) is 4.28.